The van der Waals surface area contributed by atoms with Crippen LogP contribution in [0.2, 0.25) is 0 Å². The Morgan fingerprint density at radius 2 is 2.05 bits per heavy atom. The van der Waals surface area contributed by atoms with E-state index in [0.29, 0.717) is 11.3 Å². The monoisotopic (exact) mass is 255 g/mol. The average molecular weight is 255 g/mol. The first-order chi connectivity index (χ1) is 9.22. The number of fused-ring (bicyclic) bond motifs is 1. The summed E-state index contributed by atoms with van der Waals surface area (Å²) in [5, 5.41) is 10.3. The lowest BCUT2D eigenvalue weighted by Crippen LogP contribution is -2.02. The second kappa shape index (κ2) is 6.14. The van der Waals surface area contributed by atoms with Crippen LogP contribution in [-0.4, -0.2) is 16.1 Å². The molecule has 2 rings (SSSR count). The number of nitrogens with zero attached hydrogens (tertiary/aromatic N) is 1. The van der Waals surface area contributed by atoms with Crippen LogP contribution in [0.4, 0.5) is 0 Å². The van der Waals surface area contributed by atoms with Gasteiger partial charge in [-0.05, 0) is 18.6 Å². The molecule has 1 N–H and O–H groups in total. The molecule has 0 bridgehead atoms. The molecule has 1 aromatic heterocycles. The van der Waals surface area contributed by atoms with E-state index in [4.69, 9.17) is 0 Å². The van der Waals surface area contributed by atoms with Crippen molar-refractivity contribution in [1.82, 2.24) is 4.98 Å². The van der Waals surface area contributed by atoms with Crippen molar-refractivity contribution in [2.45, 2.75) is 26.2 Å². The number of aliphatic carboxylic acids is 1. The summed E-state index contributed by atoms with van der Waals surface area (Å²) < 4.78 is 0. The predicted molar refractivity (Wildman–Crippen MR) is 76.9 cm³/mol. The number of para-hydroxylation sites is 1. The fourth-order valence-electron chi connectivity index (χ4n) is 1.97. The molecule has 1 aromatic carbocycles. The SMILES string of the molecule is CCCCC=C(C(=O)O)c1ccc2ccccc2n1. The Morgan fingerprint density at radius 3 is 2.79 bits per heavy atom. The summed E-state index contributed by atoms with van der Waals surface area (Å²) in [6, 6.07) is 11.4. The third kappa shape index (κ3) is 3.19. The summed E-state index contributed by atoms with van der Waals surface area (Å²) in [5.74, 6) is -0.918. The van der Waals surface area contributed by atoms with Gasteiger partial charge in [0, 0.05) is 5.39 Å². The van der Waals surface area contributed by atoms with Crippen molar-refractivity contribution in [3.05, 3.63) is 48.2 Å². The second-order valence-corrected chi connectivity index (χ2v) is 4.45. The number of hydrogen-bond donors (Lipinski definition) is 1. The maximum atomic E-state index is 11.3. The Kier molecular flexibility index (Phi) is 4.29. The van der Waals surface area contributed by atoms with E-state index < -0.39 is 5.97 Å². The van der Waals surface area contributed by atoms with Crippen molar-refractivity contribution in [3.63, 3.8) is 0 Å². The van der Waals surface area contributed by atoms with Crippen LogP contribution in [0.5, 0.6) is 0 Å². The van der Waals surface area contributed by atoms with E-state index in [1.54, 1.807) is 12.1 Å². The fourth-order valence-corrected chi connectivity index (χ4v) is 1.97. The maximum absolute atomic E-state index is 11.3. The zero-order valence-corrected chi connectivity index (χ0v) is 11.0. The smallest absolute Gasteiger partial charge is 0.337 e. The average Bonchev–Trinajstić information content (AvgIpc) is 2.43. The van der Waals surface area contributed by atoms with E-state index in [2.05, 4.69) is 11.9 Å². The predicted octanol–water partition coefficient (Wildman–Crippen LogP) is 3.89. The molecule has 2 aromatic rings. The Balaban J connectivity index is 2.39. The van der Waals surface area contributed by atoms with Gasteiger partial charge in [0.1, 0.15) is 0 Å². The number of carboxylic acid groups (broad SMARTS) is 1. The van der Waals surface area contributed by atoms with Gasteiger partial charge in [-0.1, -0.05) is 50.1 Å². The van der Waals surface area contributed by atoms with Crippen LogP contribution >= 0.6 is 0 Å². The summed E-state index contributed by atoms with van der Waals surface area (Å²) in [5.41, 5.74) is 1.64. The molecule has 0 aliphatic heterocycles. The number of unbranched alkanes of at least 4 members (excludes halogenated alkanes) is 2. The molecule has 19 heavy (non-hydrogen) atoms. The molecular formula is C16H17NO2. The normalized spacial score (nSPS) is 11.7. The van der Waals surface area contributed by atoms with E-state index in [9.17, 15) is 9.90 Å². The molecule has 98 valence electrons. The largest absolute Gasteiger partial charge is 0.478 e. The highest BCUT2D eigenvalue weighted by molar-refractivity contribution is 6.15. The number of allylic oxidation sites excluding steroid dienone is 1. The lowest BCUT2D eigenvalue weighted by atomic mass is 10.1. The Morgan fingerprint density at radius 1 is 1.26 bits per heavy atom. The maximum Gasteiger partial charge on any atom is 0.337 e. The molecule has 0 saturated carbocycles. The summed E-state index contributed by atoms with van der Waals surface area (Å²) in [6.07, 6.45) is 4.58. The van der Waals surface area contributed by atoms with Crippen molar-refractivity contribution in [2.75, 3.05) is 0 Å². The second-order valence-electron chi connectivity index (χ2n) is 4.45. The highest BCUT2D eigenvalue weighted by atomic mass is 16.4. The Bertz CT molecular complexity index is 617. The van der Waals surface area contributed by atoms with Crippen LogP contribution in [0.15, 0.2) is 42.5 Å². The molecular weight excluding hydrogens is 238 g/mol. The molecule has 0 spiro atoms. The van der Waals surface area contributed by atoms with Gasteiger partial charge in [-0.25, -0.2) is 9.78 Å². The molecule has 0 atom stereocenters. The number of aromatic nitrogens is 1. The minimum absolute atomic E-state index is 0.291. The number of carbonyl (C=O) groups is 1. The van der Waals surface area contributed by atoms with E-state index in [1.807, 2.05) is 30.3 Å². The van der Waals surface area contributed by atoms with Crippen LogP contribution in [0.25, 0.3) is 16.5 Å². The third-order valence-electron chi connectivity index (χ3n) is 3.01. The van der Waals surface area contributed by atoms with Gasteiger partial charge in [0.05, 0.1) is 16.8 Å². The number of pyridine rings is 1. The highest BCUT2D eigenvalue weighted by Gasteiger charge is 2.11. The quantitative estimate of drug-likeness (QED) is 0.651. The number of benzene rings is 1. The van der Waals surface area contributed by atoms with Crippen LogP contribution < -0.4 is 0 Å². The van der Waals surface area contributed by atoms with Gasteiger partial charge in [-0.2, -0.15) is 0 Å². The number of carboxylic acids is 1. The minimum atomic E-state index is -0.918. The minimum Gasteiger partial charge on any atom is -0.478 e. The molecule has 3 heteroatoms. The van der Waals surface area contributed by atoms with Gasteiger partial charge >= 0.3 is 5.97 Å². The highest BCUT2D eigenvalue weighted by Crippen LogP contribution is 2.18. The van der Waals surface area contributed by atoms with Gasteiger partial charge in [-0.3, -0.25) is 0 Å². The molecule has 0 radical (unpaired) electrons. The van der Waals surface area contributed by atoms with E-state index >= 15 is 0 Å². The van der Waals surface area contributed by atoms with E-state index in [1.165, 1.54) is 0 Å². The molecule has 3 nitrogen and oxygen atoms in total. The Labute approximate surface area is 112 Å². The summed E-state index contributed by atoms with van der Waals surface area (Å²) >= 11 is 0. The number of rotatable bonds is 5. The first-order valence-electron chi connectivity index (χ1n) is 6.52. The van der Waals surface area contributed by atoms with Gasteiger partial charge < -0.3 is 5.11 Å². The lowest BCUT2D eigenvalue weighted by molar-refractivity contribution is -0.130. The van der Waals surface area contributed by atoms with E-state index in [-0.39, 0.29) is 0 Å². The molecule has 0 aliphatic rings. The summed E-state index contributed by atoms with van der Waals surface area (Å²) in [6.45, 7) is 2.09. The lowest BCUT2D eigenvalue weighted by Gasteiger charge is -2.04. The van der Waals surface area contributed by atoms with Gasteiger partial charge in [0.15, 0.2) is 0 Å². The van der Waals surface area contributed by atoms with Crippen molar-refractivity contribution < 1.29 is 9.90 Å². The molecule has 0 amide bonds. The van der Waals surface area contributed by atoms with E-state index in [0.717, 1.165) is 30.2 Å². The summed E-state index contributed by atoms with van der Waals surface area (Å²) in [7, 11) is 0. The van der Waals surface area contributed by atoms with Crippen molar-refractivity contribution in [3.8, 4) is 0 Å². The molecule has 0 aliphatic carbocycles. The third-order valence-corrected chi connectivity index (χ3v) is 3.01. The van der Waals surface area contributed by atoms with Gasteiger partial charge in [0.25, 0.3) is 0 Å². The number of hydrogen-bond acceptors (Lipinski definition) is 2. The van der Waals surface area contributed by atoms with Gasteiger partial charge in [0.2, 0.25) is 0 Å². The molecule has 0 saturated heterocycles. The zero-order valence-electron chi connectivity index (χ0n) is 11.0. The van der Waals surface area contributed by atoms with Crippen LogP contribution in [0.3, 0.4) is 0 Å². The molecule has 0 unspecified atom stereocenters. The first-order valence-corrected chi connectivity index (χ1v) is 6.52. The molecule has 0 fully saturated rings. The zero-order chi connectivity index (χ0) is 13.7. The standard InChI is InChI=1S/C16H17NO2/c1-2-3-4-8-13(16(18)19)15-11-10-12-7-5-6-9-14(12)17-15/h5-11H,2-4H2,1H3,(H,18,19). The van der Waals surface area contributed by atoms with Crippen molar-refractivity contribution in [2.24, 2.45) is 0 Å². The van der Waals surface area contributed by atoms with Crippen LogP contribution in [0.1, 0.15) is 31.9 Å². The topological polar surface area (TPSA) is 50.2 Å². The van der Waals surface area contributed by atoms with Crippen molar-refractivity contribution in [1.29, 1.82) is 0 Å². The Hall–Kier alpha value is -2.16. The fraction of sp³-hybridized carbons (Fsp3) is 0.250. The van der Waals surface area contributed by atoms with Gasteiger partial charge in [-0.15, -0.1) is 0 Å². The van der Waals surface area contributed by atoms with Crippen molar-refractivity contribution >= 4 is 22.4 Å². The van der Waals surface area contributed by atoms with Crippen LogP contribution in [0, 0.1) is 0 Å². The molecule has 1 heterocycles. The first kappa shape index (κ1) is 13.3. The summed E-state index contributed by atoms with van der Waals surface area (Å²) in [4.78, 5) is 15.7. The van der Waals surface area contributed by atoms with Crippen LogP contribution in [-0.2, 0) is 4.79 Å².